The van der Waals surface area contributed by atoms with Gasteiger partial charge in [-0.05, 0) is 37.5 Å². The number of nitrogens with one attached hydrogen (secondary N) is 1. The second kappa shape index (κ2) is 9.02. The second-order valence-electron chi connectivity index (χ2n) is 7.07. The van der Waals surface area contributed by atoms with Gasteiger partial charge in [-0.15, -0.1) is 0 Å². The molecule has 156 valence electrons. The summed E-state index contributed by atoms with van der Waals surface area (Å²) in [7, 11) is 0. The Labute approximate surface area is 178 Å². The van der Waals surface area contributed by atoms with Crippen LogP contribution in [0, 0.1) is 39.9 Å². The molecule has 31 heavy (non-hydrogen) atoms. The van der Waals surface area contributed by atoms with Crippen molar-refractivity contribution < 1.29 is 9.53 Å². The fourth-order valence-electron chi connectivity index (χ4n) is 3.81. The van der Waals surface area contributed by atoms with Crippen molar-refractivity contribution in [3.8, 4) is 29.3 Å². The Bertz CT molecular complexity index is 1200. The molecule has 0 radical (unpaired) electrons. The lowest BCUT2D eigenvalue weighted by Gasteiger charge is -2.33. The number of piperidine rings is 1. The third kappa shape index (κ3) is 4.05. The molecule has 3 rings (SSSR count). The maximum absolute atomic E-state index is 12.2. The number of hydrogen-bond acceptors (Lipinski definition) is 8. The van der Waals surface area contributed by atoms with Crippen LogP contribution in [0.4, 0.5) is 11.5 Å². The van der Waals surface area contributed by atoms with Crippen LogP contribution in [0.2, 0.25) is 0 Å². The van der Waals surface area contributed by atoms with E-state index in [-0.39, 0.29) is 34.4 Å². The lowest BCUT2D eigenvalue weighted by atomic mass is 9.93. The Morgan fingerprint density at radius 3 is 2.45 bits per heavy atom. The van der Waals surface area contributed by atoms with Crippen LogP contribution in [0.3, 0.4) is 0 Å². The first-order chi connectivity index (χ1) is 14.9. The minimum Gasteiger partial charge on any atom is -0.466 e. The Balaban J connectivity index is 1.98. The van der Waals surface area contributed by atoms with Crippen LogP contribution in [0.1, 0.15) is 36.5 Å². The van der Waals surface area contributed by atoms with Gasteiger partial charge < -0.3 is 20.4 Å². The van der Waals surface area contributed by atoms with E-state index in [1.807, 2.05) is 17.0 Å². The van der Waals surface area contributed by atoms with Gasteiger partial charge in [0.05, 0.1) is 23.8 Å². The van der Waals surface area contributed by atoms with Gasteiger partial charge in [0.1, 0.15) is 35.2 Å². The average molecular weight is 416 g/mol. The van der Waals surface area contributed by atoms with Gasteiger partial charge in [0.15, 0.2) is 0 Å². The molecule has 0 atom stereocenters. The lowest BCUT2D eigenvalue weighted by Crippen LogP contribution is -2.37. The molecule has 2 heterocycles. The summed E-state index contributed by atoms with van der Waals surface area (Å²) < 4.78 is 5.09. The second-order valence-corrected chi connectivity index (χ2v) is 7.07. The summed E-state index contributed by atoms with van der Waals surface area (Å²) in [4.78, 5) is 28.4. The Kier molecular flexibility index (Phi) is 6.23. The monoisotopic (exact) mass is 416 g/mol. The number of esters is 1. The third-order valence-electron chi connectivity index (χ3n) is 5.33. The van der Waals surface area contributed by atoms with E-state index >= 15 is 0 Å². The molecule has 0 spiro atoms. The van der Waals surface area contributed by atoms with E-state index in [1.165, 1.54) is 0 Å². The number of ether oxygens (including phenoxy) is 1. The first-order valence-corrected chi connectivity index (χ1v) is 9.77. The van der Waals surface area contributed by atoms with Crippen LogP contribution in [-0.4, -0.2) is 30.6 Å². The molecular weight excluding hydrogens is 396 g/mol. The number of anilines is 2. The molecule has 1 aromatic carbocycles. The highest BCUT2D eigenvalue weighted by Crippen LogP contribution is 2.33. The summed E-state index contributed by atoms with van der Waals surface area (Å²) in [5, 5.41) is 28.6. The SMILES string of the molecule is CCOC(=O)C1CCN(c2ccc(-c3c(C#N)c(N)[nH]c(=O)c3C#N)cc2C#N)CC1. The van der Waals surface area contributed by atoms with Crippen LogP contribution in [0.15, 0.2) is 23.0 Å². The van der Waals surface area contributed by atoms with E-state index in [0.29, 0.717) is 49.4 Å². The van der Waals surface area contributed by atoms with Crippen LogP contribution < -0.4 is 16.2 Å². The molecule has 9 heteroatoms. The highest BCUT2D eigenvalue weighted by Gasteiger charge is 2.27. The zero-order valence-corrected chi connectivity index (χ0v) is 16.9. The smallest absolute Gasteiger partial charge is 0.309 e. The van der Waals surface area contributed by atoms with Crippen molar-refractivity contribution in [3.63, 3.8) is 0 Å². The van der Waals surface area contributed by atoms with Gasteiger partial charge in [0, 0.05) is 18.7 Å². The number of carbonyl (C=O) groups excluding carboxylic acids is 1. The summed E-state index contributed by atoms with van der Waals surface area (Å²) in [6, 6.07) is 10.8. The number of aromatic nitrogens is 1. The highest BCUT2D eigenvalue weighted by molar-refractivity contribution is 5.82. The van der Waals surface area contributed by atoms with Crippen molar-refractivity contribution in [1.82, 2.24) is 4.98 Å². The summed E-state index contributed by atoms with van der Waals surface area (Å²) in [6.07, 6.45) is 1.24. The Hall–Kier alpha value is -4.29. The number of nitriles is 3. The maximum atomic E-state index is 12.2. The number of pyridine rings is 1. The highest BCUT2D eigenvalue weighted by atomic mass is 16.5. The maximum Gasteiger partial charge on any atom is 0.309 e. The molecule has 0 saturated carbocycles. The van der Waals surface area contributed by atoms with Crippen LogP contribution in [0.5, 0.6) is 0 Å². The van der Waals surface area contributed by atoms with Gasteiger partial charge in [-0.3, -0.25) is 9.59 Å². The zero-order valence-electron chi connectivity index (χ0n) is 16.9. The van der Waals surface area contributed by atoms with Crippen molar-refractivity contribution in [2.75, 3.05) is 30.3 Å². The molecule has 1 aliphatic rings. The van der Waals surface area contributed by atoms with Gasteiger partial charge in [-0.25, -0.2) is 0 Å². The molecular formula is C22H20N6O3. The number of aromatic amines is 1. The fraction of sp³-hybridized carbons (Fsp3) is 0.318. The van der Waals surface area contributed by atoms with E-state index in [0.717, 1.165) is 0 Å². The van der Waals surface area contributed by atoms with Crippen molar-refractivity contribution in [3.05, 3.63) is 45.2 Å². The quantitative estimate of drug-likeness (QED) is 0.716. The van der Waals surface area contributed by atoms with Crippen LogP contribution >= 0.6 is 0 Å². The summed E-state index contributed by atoms with van der Waals surface area (Å²) in [5.41, 5.74) is 6.32. The Morgan fingerprint density at radius 1 is 1.19 bits per heavy atom. The first kappa shape index (κ1) is 21.4. The number of H-pyrrole nitrogens is 1. The molecule has 9 nitrogen and oxygen atoms in total. The van der Waals surface area contributed by atoms with Gasteiger partial charge in [-0.2, -0.15) is 15.8 Å². The molecule has 0 amide bonds. The number of carbonyl (C=O) groups is 1. The third-order valence-corrected chi connectivity index (χ3v) is 5.33. The van der Waals surface area contributed by atoms with Gasteiger partial charge in [-0.1, -0.05) is 6.07 Å². The molecule has 2 aromatic rings. The van der Waals surface area contributed by atoms with Crippen LogP contribution in [0.25, 0.3) is 11.1 Å². The molecule has 0 aliphatic carbocycles. The molecule has 3 N–H and O–H groups in total. The topological polar surface area (TPSA) is 160 Å². The molecule has 0 bridgehead atoms. The van der Waals surface area contributed by atoms with E-state index in [4.69, 9.17) is 10.5 Å². The number of benzene rings is 1. The normalized spacial score (nSPS) is 13.7. The predicted octanol–water partition coefficient (Wildman–Crippen LogP) is 2.02. The number of rotatable bonds is 4. The molecule has 1 fully saturated rings. The van der Waals surface area contributed by atoms with Crippen molar-refractivity contribution >= 4 is 17.5 Å². The standard InChI is InChI=1S/C22H20N6O3/c1-2-31-22(30)13-5-7-28(8-6-13)18-4-3-14(9-15(18)10-23)19-16(11-24)20(26)27-21(29)17(19)12-25/h3-4,9,13H,2,5-8H2,1H3,(H3,26,27,29). The van der Waals surface area contributed by atoms with E-state index in [2.05, 4.69) is 11.1 Å². The minimum absolute atomic E-state index is 0.0250. The van der Waals surface area contributed by atoms with Crippen molar-refractivity contribution in [2.45, 2.75) is 19.8 Å². The van der Waals surface area contributed by atoms with Gasteiger partial charge >= 0.3 is 5.97 Å². The number of nitrogens with two attached hydrogens (primary N) is 1. The minimum atomic E-state index is -0.697. The molecule has 0 unspecified atom stereocenters. The van der Waals surface area contributed by atoms with E-state index < -0.39 is 5.56 Å². The van der Waals surface area contributed by atoms with Crippen LogP contribution in [-0.2, 0) is 9.53 Å². The lowest BCUT2D eigenvalue weighted by molar-refractivity contribution is -0.148. The fourth-order valence-corrected chi connectivity index (χ4v) is 3.81. The molecule has 1 aromatic heterocycles. The van der Waals surface area contributed by atoms with E-state index in [9.17, 15) is 25.4 Å². The number of hydrogen-bond donors (Lipinski definition) is 2. The Morgan fingerprint density at radius 2 is 1.87 bits per heavy atom. The zero-order chi connectivity index (χ0) is 22.5. The molecule has 1 aliphatic heterocycles. The number of nitrogen functional groups attached to an aromatic ring is 1. The van der Waals surface area contributed by atoms with Crippen molar-refractivity contribution in [2.24, 2.45) is 5.92 Å². The predicted molar refractivity (Wildman–Crippen MR) is 113 cm³/mol. The van der Waals surface area contributed by atoms with Gasteiger partial charge in [0.25, 0.3) is 5.56 Å². The van der Waals surface area contributed by atoms with E-state index in [1.54, 1.807) is 25.1 Å². The summed E-state index contributed by atoms with van der Waals surface area (Å²) in [5.74, 6) is -0.487. The molecule has 1 saturated heterocycles. The largest absolute Gasteiger partial charge is 0.466 e. The summed E-state index contributed by atoms with van der Waals surface area (Å²) >= 11 is 0. The first-order valence-electron chi connectivity index (χ1n) is 9.77. The average Bonchev–Trinajstić information content (AvgIpc) is 2.78. The van der Waals surface area contributed by atoms with Gasteiger partial charge in [0.2, 0.25) is 0 Å². The number of nitrogens with zero attached hydrogens (tertiary/aromatic N) is 4. The van der Waals surface area contributed by atoms with Crippen molar-refractivity contribution in [1.29, 1.82) is 15.8 Å². The summed E-state index contributed by atoms with van der Waals surface area (Å²) in [6.45, 7) is 3.30.